The van der Waals surface area contributed by atoms with E-state index in [4.69, 9.17) is 9.47 Å². The van der Waals surface area contributed by atoms with E-state index in [1.165, 1.54) is 0 Å². The minimum Gasteiger partial charge on any atom is -0.496 e. The lowest BCUT2D eigenvalue weighted by molar-refractivity contribution is 0.0896. The van der Waals surface area contributed by atoms with Crippen molar-refractivity contribution in [3.8, 4) is 5.75 Å². The fraction of sp³-hybridized carbons (Fsp3) is 0.500. The molecule has 0 radical (unpaired) electrons. The number of benzene rings is 1. The number of hydrogen-bond acceptors (Lipinski definition) is 3. The Kier molecular flexibility index (Phi) is 3.84. The molecule has 2 rings (SSSR count). The SMILES string of the molecule is COc1cc(Br)ccc1C(O)C1CCOC1. The number of aliphatic hydroxyl groups is 1. The highest BCUT2D eigenvalue weighted by Gasteiger charge is 2.27. The normalized spacial score (nSPS) is 22.1. The first-order valence-electron chi connectivity index (χ1n) is 5.31. The third-order valence-electron chi connectivity index (χ3n) is 2.93. The topological polar surface area (TPSA) is 38.7 Å². The van der Waals surface area contributed by atoms with Crippen LogP contribution in [-0.2, 0) is 4.74 Å². The van der Waals surface area contributed by atoms with Crippen LogP contribution >= 0.6 is 15.9 Å². The number of rotatable bonds is 3. The van der Waals surface area contributed by atoms with Crippen molar-refractivity contribution in [2.45, 2.75) is 12.5 Å². The highest BCUT2D eigenvalue weighted by molar-refractivity contribution is 9.10. The van der Waals surface area contributed by atoms with Crippen molar-refractivity contribution in [3.05, 3.63) is 28.2 Å². The molecule has 4 heteroatoms. The Morgan fingerprint density at radius 1 is 1.56 bits per heavy atom. The van der Waals surface area contributed by atoms with Crippen LogP contribution in [0.5, 0.6) is 5.75 Å². The second-order valence-electron chi connectivity index (χ2n) is 3.95. The Balaban J connectivity index is 2.24. The van der Waals surface area contributed by atoms with Gasteiger partial charge in [0.05, 0.1) is 19.8 Å². The summed E-state index contributed by atoms with van der Waals surface area (Å²) in [6.07, 6.45) is 0.394. The van der Waals surface area contributed by atoms with Crippen LogP contribution in [0.25, 0.3) is 0 Å². The number of hydrogen-bond donors (Lipinski definition) is 1. The molecule has 1 aromatic rings. The molecule has 88 valence electrons. The predicted molar refractivity (Wildman–Crippen MR) is 64.6 cm³/mol. The summed E-state index contributed by atoms with van der Waals surface area (Å²) in [4.78, 5) is 0. The zero-order chi connectivity index (χ0) is 11.5. The van der Waals surface area contributed by atoms with Gasteiger partial charge in [-0.05, 0) is 18.6 Å². The molecule has 3 nitrogen and oxygen atoms in total. The van der Waals surface area contributed by atoms with Crippen LogP contribution < -0.4 is 4.74 Å². The summed E-state index contributed by atoms with van der Waals surface area (Å²) in [5.41, 5.74) is 0.834. The molecule has 2 unspecified atom stereocenters. The maximum Gasteiger partial charge on any atom is 0.125 e. The molecule has 2 atom stereocenters. The van der Waals surface area contributed by atoms with E-state index in [0.717, 1.165) is 23.1 Å². The third-order valence-corrected chi connectivity index (χ3v) is 3.42. The summed E-state index contributed by atoms with van der Waals surface area (Å²) < 4.78 is 11.5. The standard InChI is InChI=1S/C12H15BrO3/c1-15-11-6-9(13)2-3-10(11)12(14)8-4-5-16-7-8/h2-3,6,8,12,14H,4-5,7H2,1H3. The van der Waals surface area contributed by atoms with Crippen LogP contribution in [0.4, 0.5) is 0 Å². The van der Waals surface area contributed by atoms with Crippen LogP contribution in [-0.4, -0.2) is 25.4 Å². The van der Waals surface area contributed by atoms with Gasteiger partial charge in [0.15, 0.2) is 0 Å². The Morgan fingerprint density at radius 2 is 2.38 bits per heavy atom. The summed E-state index contributed by atoms with van der Waals surface area (Å²) >= 11 is 3.38. The van der Waals surface area contributed by atoms with E-state index in [0.29, 0.717) is 12.4 Å². The molecule has 1 aliphatic rings. The lowest BCUT2D eigenvalue weighted by atomic mass is 9.94. The van der Waals surface area contributed by atoms with Crippen molar-refractivity contribution in [2.75, 3.05) is 20.3 Å². The fourth-order valence-electron chi connectivity index (χ4n) is 1.99. The first-order chi connectivity index (χ1) is 7.72. The largest absolute Gasteiger partial charge is 0.496 e. The maximum atomic E-state index is 10.2. The summed E-state index contributed by atoms with van der Waals surface area (Å²) in [6, 6.07) is 5.68. The van der Waals surface area contributed by atoms with Crippen LogP contribution in [0.3, 0.4) is 0 Å². The van der Waals surface area contributed by atoms with Crippen molar-refractivity contribution < 1.29 is 14.6 Å². The zero-order valence-electron chi connectivity index (χ0n) is 9.15. The molecule has 0 saturated carbocycles. The van der Waals surface area contributed by atoms with E-state index in [-0.39, 0.29) is 5.92 Å². The van der Waals surface area contributed by atoms with Gasteiger partial charge in [0.25, 0.3) is 0 Å². The van der Waals surface area contributed by atoms with Gasteiger partial charge in [-0.25, -0.2) is 0 Å². The molecule has 1 N–H and O–H groups in total. The third kappa shape index (κ3) is 2.39. The Morgan fingerprint density at radius 3 is 3.00 bits per heavy atom. The van der Waals surface area contributed by atoms with E-state index in [2.05, 4.69) is 15.9 Å². The molecule has 16 heavy (non-hydrogen) atoms. The van der Waals surface area contributed by atoms with Gasteiger partial charge in [-0.1, -0.05) is 22.0 Å². The number of halogens is 1. The monoisotopic (exact) mass is 286 g/mol. The molecule has 1 aromatic carbocycles. The molecule has 0 aliphatic carbocycles. The molecule has 0 spiro atoms. The van der Waals surface area contributed by atoms with Gasteiger partial charge in [0.2, 0.25) is 0 Å². The lowest BCUT2D eigenvalue weighted by Crippen LogP contribution is -2.13. The van der Waals surface area contributed by atoms with Crippen molar-refractivity contribution >= 4 is 15.9 Å². The van der Waals surface area contributed by atoms with Crippen molar-refractivity contribution in [1.29, 1.82) is 0 Å². The highest BCUT2D eigenvalue weighted by Crippen LogP contribution is 2.35. The summed E-state index contributed by atoms with van der Waals surface area (Å²) in [5, 5.41) is 10.2. The smallest absolute Gasteiger partial charge is 0.125 e. The van der Waals surface area contributed by atoms with Gasteiger partial charge in [-0.15, -0.1) is 0 Å². The highest BCUT2D eigenvalue weighted by atomic mass is 79.9. The molecule has 1 heterocycles. The number of methoxy groups -OCH3 is 1. The Labute approximate surface area is 104 Å². The van der Waals surface area contributed by atoms with E-state index in [9.17, 15) is 5.11 Å². The molecule has 0 bridgehead atoms. The second kappa shape index (κ2) is 5.17. The minimum atomic E-state index is -0.509. The van der Waals surface area contributed by atoms with E-state index in [1.807, 2.05) is 18.2 Å². The molecule has 1 saturated heterocycles. The van der Waals surface area contributed by atoms with Gasteiger partial charge in [-0.2, -0.15) is 0 Å². The average molecular weight is 287 g/mol. The quantitative estimate of drug-likeness (QED) is 0.928. The number of aliphatic hydroxyl groups excluding tert-OH is 1. The van der Waals surface area contributed by atoms with Crippen LogP contribution in [0.1, 0.15) is 18.1 Å². The average Bonchev–Trinajstić information content (AvgIpc) is 2.81. The lowest BCUT2D eigenvalue weighted by Gasteiger charge is -2.19. The van der Waals surface area contributed by atoms with E-state index in [1.54, 1.807) is 7.11 Å². The predicted octanol–water partition coefficient (Wildman–Crippen LogP) is 2.53. The van der Waals surface area contributed by atoms with Crippen LogP contribution in [0, 0.1) is 5.92 Å². The van der Waals surface area contributed by atoms with Crippen molar-refractivity contribution in [3.63, 3.8) is 0 Å². The minimum absolute atomic E-state index is 0.176. The maximum absolute atomic E-state index is 10.2. The van der Waals surface area contributed by atoms with E-state index < -0.39 is 6.10 Å². The molecule has 1 aliphatic heterocycles. The Bertz CT molecular complexity index is 361. The molecule has 0 amide bonds. The number of ether oxygens (including phenoxy) is 2. The Hall–Kier alpha value is -0.580. The molecule has 1 fully saturated rings. The van der Waals surface area contributed by atoms with Crippen molar-refractivity contribution in [1.82, 2.24) is 0 Å². The molecule has 0 aromatic heterocycles. The zero-order valence-corrected chi connectivity index (χ0v) is 10.7. The first-order valence-corrected chi connectivity index (χ1v) is 6.11. The van der Waals surface area contributed by atoms with Gasteiger partial charge in [0.1, 0.15) is 5.75 Å². The van der Waals surface area contributed by atoms with Crippen LogP contribution in [0.15, 0.2) is 22.7 Å². The second-order valence-corrected chi connectivity index (χ2v) is 4.87. The van der Waals surface area contributed by atoms with Gasteiger partial charge < -0.3 is 14.6 Å². The summed E-state index contributed by atoms with van der Waals surface area (Å²) in [5.74, 6) is 0.892. The summed E-state index contributed by atoms with van der Waals surface area (Å²) in [6.45, 7) is 1.36. The van der Waals surface area contributed by atoms with Gasteiger partial charge in [-0.3, -0.25) is 0 Å². The first kappa shape index (κ1) is 11.9. The molecular formula is C12H15BrO3. The van der Waals surface area contributed by atoms with Gasteiger partial charge >= 0.3 is 0 Å². The summed E-state index contributed by atoms with van der Waals surface area (Å²) in [7, 11) is 1.61. The van der Waals surface area contributed by atoms with Gasteiger partial charge in [0, 0.05) is 22.6 Å². The van der Waals surface area contributed by atoms with Crippen molar-refractivity contribution in [2.24, 2.45) is 5.92 Å². The van der Waals surface area contributed by atoms with E-state index >= 15 is 0 Å². The fourth-order valence-corrected chi connectivity index (χ4v) is 2.33. The molecular weight excluding hydrogens is 272 g/mol. The van der Waals surface area contributed by atoms with Crippen LogP contribution in [0.2, 0.25) is 0 Å².